The fraction of sp³-hybridized carbons (Fsp3) is 0.625. The number of nitrogens with one attached hydrogen (secondary N) is 1. The summed E-state index contributed by atoms with van der Waals surface area (Å²) in [5.41, 5.74) is 0. The summed E-state index contributed by atoms with van der Waals surface area (Å²) < 4.78 is 34.8. The van der Waals surface area contributed by atoms with E-state index >= 15 is 0 Å². The number of carbonyl (C=O) groups excluding carboxylic acids is 1. The predicted octanol–water partition coefficient (Wildman–Crippen LogP) is 1.47. The topological polar surface area (TPSA) is 29.1 Å². The molecule has 0 saturated heterocycles. The molecule has 0 rings (SSSR count). The zero-order valence-corrected chi connectivity index (χ0v) is 7.11. The number of carbonyl (C=O) groups is 1. The standard InChI is InChI=1S/C8H10F3NO/c1-3-6(2)12-7(13)4-5-8(9,10)11/h1,6H,4-5H2,2H3,(H,12,13). The third kappa shape index (κ3) is 7.19. The van der Waals surface area contributed by atoms with E-state index in [0.29, 0.717) is 0 Å². The zero-order valence-electron chi connectivity index (χ0n) is 7.11. The summed E-state index contributed by atoms with van der Waals surface area (Å²) in [5, 5.41) is 2.23. The van der Waals surface area contributed by atoms with Gasteiger partial charge < -0.3 is 5.32 Å². The maximum atomic E-state index is 11.6. The number of rotatable bonds is 3. The lowest BCUT2D eigenvalue weighted by atomic mass is 10.2. The van der Waals surface area contributed by atoms with Gasteiger partial charge in [-0.3, -0.25) is 4.79 Å². The molecule has 0 heterocycles. The first-order valence-electron chi connectivity index (χ1n) is 3.67. The lowest BCUT2D eigenvalue weighted by Crippen LogP contribution is -2.31. The van der Waals surface area contributed by atoms with Gasteiger partial charge in [0.05, 0.1) is 12.5 Å². The van der Waals surface area contributed by atoms with Crippen LogP contribution in [0.25, 0.3) is 0 Å². The molecule has 0 aromatic carbocycles. The van der Waals surface area contributed by atoms with Crippen LogP contribution in [0, 0.1) is 12.3 Å². The lowest BCUT2D eigenvalue weighted by molar-refractivity contribution is -0.144. The third-order valence-corrected chi connectivity index (χ3v) is 1.26. The molecular weight excluding hydrogens is 183 g/mol. The second kappa shape index (κ2) is 4.75. The molecule has 0 aromatic rings. The van der Waals surface area contributed by atoms with Crippen LogP contribution in [0.4, 0.5) is 13.2 Å². The van der Waals surface area contributed by atoms with Crippen molar-refractivity contribution in [1.29, 1.82) is 0 Å². The van der Waals surface area contributed by atoms with Crippen LogP contribution in [0.2, 0.25) is 0 Å². The molecule has 1 N–H and O–H groups in total. The largest absolute Gasteiger partial charge is 0.389 e. The van der Waals surface area contributed by atoms with Crippen LogP contribution in [-0.4, -0.2) is 18.1 Å². The van der Waals surface area contributed by atoms with Crippen LogP contribution in [0.1, 0.15) is 19.8 Å². The first-order chi connectivity index (χ1) is 5.85. The molecule has 0 aliphatic heterocycles. The van der Waals surface area contributed by atoms with E-state index in [1.54, 1.807) is 0 Å². The van der Waals surface area contributed by atoms with E-state index in [1.807, 2.05) is 0 Å². The van der Waals surface area contributed by atoms with Crippen LogP contribution >= 0.6 is 0 Å². The number of terminal acetylenes is 1. The van der Waals surface area contributed by atoms with E-state index in [1.165, 1.54) is 6.92 Å². The fourth-order valence-electron chi connectivity index (χ4n) is 0.611. The van der Waals surface area contributed by atoms with Crippen molar-refractivity contribution in [3.63, 3.8) is 0 Å². The van der Waals surface area contributed by atoms with Gasteiger partial charge in [-0.05, 0) is 6.92 Å². The van der Waals surface area contributed by atoms with Crippen LogP contribution in [0.15, 0.2) is 0 Å². The molecule has 1 atom stereocenters. The Morgan fingerprint density at radius 2 is 2.15 bits per heavy atom. The van der Waals surface area contributed by atoms with Crippen molar-refractivity contribution in [1.82, 2.24) is 5.32 Å². The van der Waals surface area contributed by atoms with Crippen molar-refractivity contribution < 1.29 is 18.0 Å². The van der Waals surface area contributed by atoms with Crippen molar-refractivity contribution in [3.8, 4) is 12.3 Å². The van der Waals surface area contributed by atoms with E-state index in [0.717, 1.165) is 0 Å². The molecular formula is C8H10F3NO. The summed E-state index contributed by atoms with van der Waals surface area (Å²) in [6.07, 6.45) is -1.07. The average molecular weight is 193 g/mol. The summed E-state index contributed by atoms with van der Waals surface area (Å²) in [4.78, 5) is 10.8. The molecule has 0 aromatic heterocycles. The molecule has 5 heteroatoms. The van der Waals surface area contributed by atoms with Crippen LogP contribution in [-0.2, 0) is 4.79 Å². The Morgan fingerprint density at radius 3 is 2.54 bits per heavy atom. The van der Waals surface area contributed by atoms with E-state index in [4.69, 9.17) is 6.42 Å². The SMILES string of the molecule is C#CC(C)NC(=O)CCC(F)(F)F. The Hall–Kier alpha value is -1.18. The van der Waals surface area contributed by atoms with Crippen molar-refractivity contribution in [2.75, 3.05) is 0 Å². The van der Waals surface area contributed by atoms with Gasteiger partial charge in [-0.15, -0.1) is 6.42 Å². The molecule has 1 amide bonds. The summed E-state index contributed by atoms with van der Waals surface area (Å²) in [5.74, 6) is 1.50. The first-order valence-corrected chi connectivity index (χ1v) is 3.67. The molecule has 2 nitrogen and oxygen atoms in total. The Bertz CT molecular complexity index is 216. The van der Waals surface area contributed by atoms with Gasteiger partial charge in [0, 0.05) is 6.42 Å². The van der Waals surface area contributed by atoms with Gasteiger partial charge in [-0.1, -0.05) is 5.92 Å². The van der Waals surface area contributed by atoms with E-state index < -0.39 is 31.0 Å². The van der Waals surface area contributed by atoms with E-state index in [9.17, 15) is 18.0 Å². The molecule has 0 saturated carbocycles. The third-order valence-electron chi connectivity index (χ3n) is 1.26. The van der Waals surface area contributed by atoms with Crippen LogP contribution in [0.5, 0.6) is 0 Å². The minimum Gasteiger partial charge on any atom is -0.343 e. The van der Waals surface area contributed by atoms with Gasteiger partial charge in [0.1, 0.15) is 0 Å². The number of alkyl halides is 3. The molecule has 1 unspecified atom stereocenters. The summed E-state index contributed by atoms with van der Waals surface area (Å²) in [7, 11) is 0. The average Bonchev–Trinajstić information content (AvgIpc) is 1.99. The molecule has 74 valence electrons. The van der Waals surface area contributed by atoms with E-state index in [2.05, 4.69) is 11.2 Å². The molecule has 13 heavy (non-hydrogen) atoms. The molecule has 0 fully saturated rings. The second-order valence-electron chi connectivity index (χ2n) is 2.57. The van der Waals surface area contributed by atoms with Crippen molar-refractivity contribution in [3.05, 3.63) is 0 Å². The van der Waals surface area contributed by atoms with Crippen LogP contribution < -0.4 is 5.32 Å². The van der Waals surface area contributed by atoms with Crippen molar-refractivity contribution >= 4 is 5.91 Å². The molecule has 0 aliphatic rings. The van der Waals surface area contributed by atoms with Gasteiger partial charge >= 0.3 is 6.18 Å². The maximum Gasteiger partial charge on any atom is 0.389 e. The summed E-state index contributed by atoms with van der Waals surface area (Å²) in [6, 6.07) is -0.527. The minimum absolute atomic E-state index is 0.527. The highest BCUT2D eigenvalue weighted by Gasteiger charge is 2.27. The number of hydrogen-bond donors (Lipinski definition) is 1. The maximum absolute atomic E-state index is 11.6. The Morgan fingerprint density at radius 1 is 1.62 bits per heavy atom. The second-order valence-corrected chi connectivity index (χ2v) is 2.57. The van der Waals surface area contributed by atoms with E-state index in [-0.39, 0.29) is 0 Å². The first kappa shape index (κ1) is 11.8. The van der Waals surface area contributed by atoms with Gasteiger partial charge in [-0.25, -0.2) is 0 Å². The number of halogens is 3. The minimum atomic E-state index is -4.29. The van der Waals surface area contributed by atoms with Gasteiger partial charge in [0.2, 0.25) is 5.91 Å². The molecule has 0 aliphatic carbocycles. The fourth-order valence-corrected chi connectivity index (χ4v) is 0.611. The van der Waals surface area contributed by atoms with Gasteiger partial charge in [0.25, 0.3) is 0 Å². The molecule has 0 spiro atoms. The highest BCUT2D eigenvalue weighted by atomic mass is 19.4. The smallest absolute Gasteiger partial charge is 0.343 e. The van der Waals surface area contributed by atoms with Crippen LogP contribution in [0.3, 0.4) is 0 Å². The number of hydrogen-bond acceptors (Lipinski definition) is 1. The highest BCUT2D eigenvalue weighted by molar-refractivity contribution is 5.76. The Balaban J connectivity index is 3.72. The molecule has 0 bridgehead atoms. The van der Waals surface area contributed by atoms with Crippen molar-refractivity contribution in [2.24, 2.45) is 0 Å². The van der Waals surface area contributed by atoms with Gasteiger partial charge in [0.15, 0.2) is 0 Å². The zero-order chi connectivity index (χ0) is 10.5. The monoisotopic (exact) mass is 193 g/mol. The predicted molar refractivity (Wildman–Crippen MR) is 41.7 cm³/mol. The lowest BCUT2D eigenvalue weighted by Gasteiger charge is -2.08. The molecule has 0 radical (unpaired) electrons. The summed E-state index contributed by atoms with van der Waals surface area (Å²) in [6.45, 7) is 1.52. The normalized spacial score (nSPS) is 13.2. The number of amides is 1. The Kier molecular flexibility index (Phi) is 4.32. The Labute approximate surface area is 74.5 Å². The van der Waals surface area contributed by atoms with Crippen molar-refractivity contribution in [2.45, 2.75) is 32.0 Å². The summed E-state index contributed by atoms with van der Waals surface area (Å²) >= 11 is 0. The van der Waals surface area contributed by atoms with Gasteiger partial charge in [-0.2, -0.15) is 13.2 Å². The quantitative estimate of drug-likeness (QED) is 0.675. The highest BCUT2D eigenvalue weighted by Crippen LogP contribution is 2.20.